The molecule has 0 saturated heterocycles. The molecule has 0 spiro atoms. The monoisotopic (exact) mass is 281 g/mol. The SMILES string of the molecule is [C-]1=CC=CC1.[C-]1=CC=CC1.[CH3-].[CH3-].[SiH3].[Zr+4]. The second-order valence-electron chi connectivity index (χ2n) is 2.01. The number of allylic oxidation sites excluding steroid dienone is 8. The van der Waals surface area contributed by atoms with Crippen LogP contribution in [0.1, 0.15) is 12.8 Å². The van der Waals surface area contributed by atoms with Gasteiger partial charge in [-0.25, -0.2) is 24.3 Å². The zero-order valence-electron chi connectivity index (χ0n) is 9.38. The van der Waals surface area contributed by atoms with E-state index < -0.39 is 0 Å². The molecule has 2 aliphatic carbocycles. The van der Waals surface area contributed by atoms with E-state index in [4.69, 9.17) is 0 Å². The third kappa shape index (κ3) is 14.6. The van der Waals surface area contributed by atoms with Crippen LogP contribution in [0.3, 0.4) is 0 Å². The predicted octanol–water partition coefficient (Wildman–Crippen LogP) is 2.33. The van der Waals surface area contributed by atoms with E-state index in [-0.39, 0.29) is 52.0 Å². The first-order chi connectivity index (χ1) is 5.00. The number of hydrogen-bond donors (Lipinski definition) is 0. The van der Waals surface area contributed by atoms with E-state index in [0.717, 1.165) is 12.8 Å². The average Bonchev–Trinajstić information content (AvgIpc) is 2.67. The van der Waals surface area contributed by atoms with Gasteiger partial charge in [-0.2, -0.15) is 12.2 Å². The molecule has 0 heterocycles. The van der Waals surface area contributed by atoms with Crippen LogP contribution in [0.5, 0.6) is 0 Å². The molecule has 0 aliphatic heterocycles. The van der Waals surface area contributed by atoms with Crippen LogP contribution < -0.4 is 0 Å². The maximum Gasteiger partial charge on any atom is 4.00 e. The Bertz CT molecular complexity index is 148. The molecule has 1 radical (unpaired) electrons. The summed E-state index contributed by atoms with van der Waals surface area (Å²) in [6.45, 7) is 0. The van der Waals surface area contributed by atoms with Crippen LogP contribution in [0.2, 0.25) is 0 Å². The van der Waals surface area contributed by atoms with E-state index in [1.807, 2.05) is 24.3 Å². The van der Waals surface area contributed by atoms with Crippen molar-refractivity contribution in [2.45, 2.75) is 12.8 Å². The molecule has 0 unspecified atom stereocenters. The van der Waals surface area contributed by atoms with Crippen molar-refractivity contribution >= 4 is 11.0 Å². The predicted molar refractivity (Wildman–Crippen MR) is 65.9 cm³/mol. The van der Waals surface area contributed by atoms with Gasteiger partial charge in [0.15, 0.2) is 0 Å². The molecule has 2 heteroatoms. The summed E-state index contributed by atoms with van der Waals surface area (Å²) < 4.78 is 0. The van der Waals surface area contributed by atoms with Crippen molar-refractivity contribution in [3.63, 3.8) is 0 Å². The molecule has 0 nitrogen and oxygen atoms in total. The Kier molecular flexibility index (Phi) is 31.8. The van der Waals surface area contributed by atoms with E-state index in [0.29, 0.717) is 0 Å². The molecule has 2 aliphatic rings. The summed E-state index contributed by atoms with van der Waals surface area (Å²) in [5, 5.41) is 0. The Balaban J connectivity index is -0.0000000556. The van der Waals surface area contributed by atoms with Crippen LogP contribution in [-0.4, -0.2) is 11.0 Å². The van der Waals surface area contributed by atoms with Gasteiger partial charge >= 0.3 is 26.2 Å². The minimum Gasteiger partial charge on any atom is -0.358 e. The van der Waals surface area contributed by atoms with E-state index >= 15 is 0 Å². The van der Waals surface area contributed by atoms with Gasteiger partial charge in [0.05, 0.1) is 0 Å². The third-order valence-corrected chi connectivity index (χ3v) is 1.17. The summed E-state index contributed by atoms with van der Waals surface area (Å²) in [7, 11) is 0. The normalized spacial score (nSPS) is 12.6. The summed E-state index contributed by atoms with van der Waals surface area (Å²) >= 11 is 0. The van der Waals surface area contributed by atoms with Crippen LogP contribution in [0.15, 0.2) is 36.5 Å². The fraction of sp³-hybridized carbons (Fsp3) is 0.167. The molecule has 0 aromatic heterocycles. The van der Waals surface area contributed by atoms with Gasteiger partial charge < -0.3 is 14.9 Å². The number of hydrogen-bond acceptors (Lipinski definition) is 0. The molecule has 0 N–H and O–H groups in total. The molecular weight excluding hydrogens is 263 g/mol. The topological polar surface area (TPSA) is 0 Å². The van der Waals surface area contributed by atoms with E-state index in [1.165, 1.54) is 0 Å². The molecular formula is C12H19SiZr. The summed E-state index contributed by atoms with van der Waals surface area (Å²) in [5.41, 5.74) is 0. The molecule has 75 valence electrons. The summed E-state index contributed by atoms with van der Waals surface area (Å²) in [5.74, 6) is 0. The van der Waals surface area contributed by atoms with Crippen LogP contribution in [0, 0.1) is 27.0 Å². The van der Waals surface area contributed by atoms with Crippen molar-refractivity contribution in [3.05, 3.63) is 63.5 Å². The van der Waals surface area contributed by atoms with Gasteiger partial charge in [0, 0.05) is 0 Å². The first kappa shape index (κ1) is 23.7. The molecule has 0 atom stereocenters. The van der Waals surface area contributed by atoms with Crippen molar-refractivity contribution in [2.24, 2.45) is 0 Å². The maximum absolute atomic E-state index is 2.99. The Morgan fingerprint density at radius 1 is 0.786 bits per heavy atom. The Hall–Kier alpha value is 0.0600. The van der Waals surface area contributed by atoms with Crippen LogP contribution >= 0.6 is 0 Å². The van der Waals surface area contributed by atoms with Gasteiger partial charge in [-0.15, -0.1) is 12.8 Å². The van der Waals surface area contributed by atoms with Gasteiger partial charge in [0.1, 0.15) is 0 Å². The summed E-state index contributed by atoms with van der Waals surface area (Å²) in [4.78, 5) is 0. The van der Waals surface area contributed by atoms with Crippen LogP contribution in [0.25, 0.3) is 0 Å². The van der Waals surface area contributed by atoms with Gasteiger partial charge in [-0.3, -0.25) is 12.2 Å². The molecule has 0 saturated carbocycles. The van der Waals surface area contributed by atoms with Crippen molar-refractivity contribution in [3.8, 4) is 0 Å². The zero-order valence-corrected chi connectivity index (χ0v) is 13.8. The Morgan fingerprint density at radius 2 is 1.14 bits per heavy atom. The van der Waals surface area contributed by atoms with Crippen molar-refractivity contribution < 1.29 is 26.2 Å². The van der Waals surface area contributed by atoms with Crippen LogP contribution in [-0.2, 0) is 26.2 Å². The Morgan fingerprint density at radius 3 is 1.21 bits per heavy atom. The van der Waals surface area contributed by atoms with Crippen LogP contribution in [0.4, 0.5) is 0 Å². The van der Waals surface area contributed by atoms with Crippen molar-refractivity contribution in [1.82, 2.24) is 0 Å². The molecule has 0 amide bonds. The fourth-order valence-corrected chi connectivity index (χ4v) is 0.680. The largest absolute Gasteiger partial charge is 4.00 e. The minimum atomic E-state index is 0. The van der Waals surface area contributed by atoms with E-state index in [2.05, 4.69) is 24.3 Å². The molecule has 14 heavy (non-hydrogen) atoms. The van der Waals surface area contributed by atoms with Crippen molar-refractivity contribution in [1.29, 1.82) is 0 Å². The minimum absolute atomic E-state index is 0. The van der Waals surface area contributed by atoms with Gasteiger partial charge in [-0.05, 0) is 11.0 Å². The first-order valence-electron chi connectivity index (χ1n) is 3.43. The first-order valence-corrected chi connectivity index (χ1v) is 3.43. The quantitative estimate of drug-likeness (QED) is 0.472. The standard InChI is InChI=1S/2C5H5.2CH3.H3Si.Zr/c2*1-2-4-5-3-1;;;;/h2*1-3H,4H2;3*1H3;/q4*-1;;+4. The van der Waals surface area contributed by atoms with E-state index in [1.54, 1.807) is 0 Å². The van der Waals surface area contributed by atoms with Crippen molar-refractivity contribution in [2.75, 3.05) is 0 Å². The average molecular weight is 283 g/mol. The second-order valence-corrected chi connectivity index (χ2v) is 2.01. The summed E-state index contributed by atoms with van der Waals surface area (Å²) in [6, 6.07) is 0. The molecule has 0 fully saturated rings. The Labute approximate surface area is 113 Å². The van der Waals surface area contributed by atoms with Gasteiger partial charge in [0.2, 0.25) is 0 Å². The number of rotatable bonds is 0. The molecule has 0 bridgehead atoms. The maximum atomic E-state index is 2.99. The molecule has 0 aromatic carbocycles. The fourth-order valence-electron chi connectivity index (χ4n) is 0.680. The molecule has 2 rings (SSSR count). The molecule has 0 aromatic rings. The van der Waals surface area contributed by atoms with Gasteiger partial charge in [-0.1, -0.05) is 0 Å². The zero-order chi connectivity index (χ0) is 7.07. The second kappa shape index (κ2) is 18.8. The smallest absolute Gasteiger partial charge is 0.358 e. The van der Waals surface area contributed by atoms with E-state index in [9.17, 15) is 0 Å². The summed E-state index contributed by atoms with van der Waals surface area (Å²) in [6.07, 6.45) is 20.0. The third-order valence-electron chi connectivity index (χ3n) is 1.17. The van der Waals surface area contributed by atoms with Gasteiger partial charge in [0.25, 0.3) is 0 Å².